The maximum Gasteiger partial charge on any atom is 0.270 e. The zero-order valence-corrected chi connectivity index (χ0v) is 9.24. The molecule has 0 saturated carbocycles. The number of nitro groups is 1. The van der Waals surface area contributed by atoms with E-state index in [2.05, 4.69) is 6.07 Å². The molecule has 5 heteroatoms. The molecule has 0 aromatic heterocycles. The topological polar surface area (TPSA) is 43.1 Å². The highest BCUT2D eigenvalue weighted by Crippen LogP contribution is 2.31. The van der Waals surface area contributed by atoms with Gasteiger partial charge in [0.25, 0.3) is 5.69 Å². The maximum atomic E-state index is 13.0. The van der Waals surface area contributed by atoms with Crippen LogP contribution in [0, 0.1) is 22.0 Å². The van der Waals surface area contributed by atoms with Crippen molar-refractivity contribution in [2.45, 2.75) is 0 Å². The molecule has 0 aliphatic heterocycles. The summed E-state index contributed by atoms with van der Waals surface area (Å²) in [6.45, 7) is 0. The largest absolute Gasteiger partial charge is 0.270 e. The smallest absolute Gasteiger partial charge is 0.258 e. The van der Waals surface area contributed by atoms with Crippen molar-refractivity contribution in [2.24, 2.45) is 0 Å². The number of benzene rings is 2. The van der Waals surface area contributed by atoms with E-state index in [0.717, 1.165) is 0 Å². The highest BCUT2D eigenvalue weighted by atomic mass is 35.5. The fraction of sp³-hybridized carbons (Fsp3) is 0. The van der Waals surface area contributed by atoms with Gasteiger partial charge in [-0.1, -0.05) is 23.7 Å². The van der Waals surface area contributed by atoms with Crippen molar-refractivity contribution in [2.75, 3.05) is 0 Å². The molecule has 0 bridgehead atoms. The lowest BCUT2D eigenvalue weighted by Gasteiger charge is -2.04. The molecule has 17 heavy (non-hydrogen) atoms. The third kappa shape index (κ3) is 2.42. The lowest BCUT2D eigenvalue weighted by molar-refractivity contribution is -0.384. The highest BCUT2D eigenvalue weighted by molar-refractivity contribution is 6.33. The van der Waals surface area contributed by atoms with Crippen LogP contribution in [0.5, 0.6) is 0 Å². The lowest BCUT2D eigenvalue weighted by atomic mass is 10.1. The third-order valence-electron chi connectivity index (χ3n) is 2.24. The van der Waals surface area contributed by atoms with E-state index < -0.39 is 10.7 Å². The molecule has 0 aliphatic rings. The third-order valence-corrected chi connectivity index (χ3v) is 2.55. The van der Waals surface area contributed by atoms with Gasteiger partial charge in [0.2, 0.25) is 0 Å². The lowest BCUT2D eigenvalue weighted by Crippen LogP contribution is -1.89. The molecule has 2 rings (SSSR count). The van der Waals surface area contributed by atoms with E-state index in [1.807, 2.05) is 0 Å². The molecule has 0 aliphatic carbocycles. The standard InChI is InChI=1S/C12H6ClFNO2/c13-12-7-10(15(16)17)4-5-11(12)8-2-1-3-9(14)6-8/h1-2,4-7H. The summed E-state index contributed by atoms with van der Waals surface area (Å²) in [5.41, 5.74) is 1.01. The van der Waals surface area contributed by atoms with Crippen molar-refractivity contribution in [1.29, 1.82) is 0 Å². The summed E-state index contributed by atoms with van der Waals surface area (Å²) in [4.78, 5) is 10.0. The van der Waals surface area contributed by atoms with Crippen molar-refractivity contribution in [3.05, 3.63) is 63.4 Å². The summed E-state index contributed by atoms with van der Waals surface area (Å²) in [6, 6.07) is 10.8. The first-order valence-electron chi connectivity index (χ1n) is 4.69. The van der Waals surface area contributed by atoms with Gasteiger partial charge in [0.05, 0.1) is 9.95 Å². The maximum absolute atomic E-state index is 13.0. The summed E-state index contributed by atoms with van der Waals surface area (Å²) in [6.07, 6.45) is 0. The Morgan fingerprint density at radius 1 is 1.29 bits per heavy atom. The number of hydrogen-bond donors (Lipinski definition) is 0. The minimum Gasteiger partial charge on any atom is -0.258 e. The van der Waals surface area contributed by atoms with E-state index in [4.69, 9.17) is 11.6 Å². The Bertz CT molecular complexity index is 586. The van der Waals surface area contributed by atoms with Gasteiger partial charge in [-0.05, 0) is 17.7 Å². The zero-order valence-electron chi connectivity index (χ0n) is 8.48. The van der Waals surface area contributed by atoms with Crippen molar-refractivity contribution < 1.29 is 9.31 Å². The Balaban J connectivity index is 2.50. The van der Waals surface area contributed by atoms with Gasteiger partial charge < -0.3 is 0 Å². The molecule has 0 N–H and O–H groups in total. The molecule has 0 fully saturated rings. The van der Waals surface area contributed by atoms with Crippen molar-refractivity contribution in [1.82, 2.24) is 0 Å². The second-order valence-corrected chi connectivity index (χ2v) is 3.75. The normalized spacial score (nSPS) is 10.2. The number of hydrogen-bond acceptors (Lipinski definition) is 2. The Hall–Kier alpha value is -1.94. The Morgan fingerprint density at radius 3 is 2.65 bits per heavy atom. The first kappa shape index (κ1) is 11.5. The molecule has 0 spiro atoms. The quantitative estimate of drug-likeness (QED) is 0.600. The molecular formula is C12H6ClFNO2. The summed E-state index contributed by atoms with van der Waals surface area (Å²) >= 11 is 5.92. The molecule has 1 radical (unpaired) electrons. The summed E-state index contributed by atoms with van der Waals surface area (Å²) in [7, 11) is 0. The van der Waals surface area contributed by atoms with Gasteiger partial charge in [-0.3, -0.25) is 10.1 Å². The van der Waals surface area contributed by atoms with Crippen LogP contribution in [0.2, 0.25) is 5.02 Å². The van der Waals surface area contributed by atoms with Crippen LogP contribution in [-0.2, 0) is 0 Å². The van der Waals surface area contributed by atoms with Crippen LogP contribution in [0.3, 0.4) is 0 Å². The second kappa shape index (κ2) is 4.51. The van der Waals surface area contributed by atoms with Crippen molar-refractivity contribution in [3.8, 4) is 11.1 Å². The van der Waals surface area contributed by atoms with Gasteiger partial charge in [0, 0.05) is 23.8 Å². The second-order valence-electron chi connectivity index (χ2n) is 3.35. The van der Waals surface area contributed by atoms with E-state index in [-0.39, 0.29) is 10.7 Å². The molecular weight excluding hydrogens is 245 g/mol. The fourth-order valence-corrected chi connectivity index (χ4v) is 1.74. The van der Waals surface area contributed by atoms with E-state index in [9.17, 15) is 14.5 Å². The number of halogens is 2. The van der Waals surface area contributed by atoms with E-state index in [1.165, 1.54) is 30.3 Å². The predicted octanol–water partition coefficient (Wildman–Crippen LogP) is 3.85. The Labute approximate surface area is 102 Å². The average molecular weight is 251 g/mol. The SMILES string of the molecule is O=[N+]([O-])c1ccc(-c2cc[c]c(F)c2)c(Cl)c1. The predicted molar refractivity (Wildman–Crippen MR) is 62.3 cm³/mol. The zero-order chi connectivity index (χ0) is 12.4. The van der Waals surface area contributed by atoms with E-state index in [1.54, 1.807) is 6.07 Å². The molecule has 0 atom stereocenters. The van der Waals surface area contributed by atoms with E-state index in [0.29, 0.717) is 11.1 Å². The first-order valence-corrected chi connectivity index (χ1v) is 5.07. The minimum atomic E-state index is -0.533. The van der Waals surface area contributed by atoms with Crippen molar-refractivity contribution >= 4 is 17.3 Å². The molecule has 0 unspecified atom stereocenters. The monoisotopic (exact) mass is 250 g/mol. The van der Waals surface area contributed by atoms with Crippen LogP contribution in [0.15, 0.2) is 36.4 Å². The number of rotatable bonds is 2. The van der Waals surface area contributed by atoms with Gasteiger partial charge in [0.15, 0.2) is 0 Å². The van der Waals surface area contributed by atoms with Crippen LogP contribution in [0.25, 0.3) is 11.1 Å². The Morgan fingerprint density at radius 2 is 2.06 bits per heavy atom. The molecule has 0 heterocycles. The fourth-order valence-electron chi connectivity index (χ4n) is 1.46. The summed E-state index contributed by atoms with van der Waals surface area (Å²) in [5.74, 6) is -0.503. The summed E-state index contributed by atoms with van der Waals surface area (Å²) in [5, 5.41) is 10.7. The van der Waals surface area contributed by atoms with Gasteiger partial charge in [-0.2, -0.15) is 0 Å². The molecule has 2 aromatic carbocycles. The Kier molecular flexibility index (Phi) is 3.06. The first-order chi connectivity index (χ1) is 8.08. The number of nitrogens with zero attached hydrogens (tertiary/aromatic N) is 1. The van der Waals surface area contributed by atoms with Crippen LogP contribution in [0.1, 0.15) is 0 Å². The van der Waals surface area contributed by atoms with Crippen LogP contribution in [-0.4, -0.2) is 4.92 Å². The van der Waals surface area contributed by atoms with Gasteiger partial charge >= 0.3 is 0 Å². The van der Waals surface area contributed by atoms with Gasteiger partial charge in [-0.15, -0.1) is 0 Å². The molecule has 2 aromatic rings. The highest BCUT2D eigenvalue weighted by Gasteiger charge is 2.10. The minimum absolute atomic E-state index is 0.0956. The van der Waals surface area contributed by atoms with E-state index >= 15 is 0 Å². The van der Waals surface area contributed by atoms with Gasteiger partial charge in [0.1, 0.15) is 5.82 Å². The van der Waals surface area contributed by atoms with Crippen LogP contribution < -0.4 is 0 Å². The molecule has 0 amide bonds. The molecule has 0 saturated heterocycles. The average Bonchev–Trinajstić information content (AvgIpc) is 2.28. The summed E-state index contributed by atoms with van der Waals surface area (Å²) < 4.78 is 13.0. The number of nitro benzene ring substituents is 1. The molecule has 85 valence electrons. The number of non-ortho nitro benzene ring substituents is 1. The van der Waals surface area contributed by atoms with Crippen molar-refractivity contribution in [3.63, 3.8) is 0 Å². The van der Waals surface area contributed by atoms with Crippen LogP contribution >= 0.6 is 11.6 Å². The molecule has 3 nitrogen and oxygen atoms in total. The van der Waals surface area contributed by atoms with Gasteiger partial charge in [-0.25, -0.2) is 4.39 Å². The van der Waals surface area contributed by atoms with Crippen LogP contribution in [0.4, 0.5) is 10.1 Å².